The Bertz CT molecular complexity index is 320. The van der Waals surface area contributed by atoms with Crippen molar-refractivity contribution in [1.29, 1.82) is 0 Å². The number of para-hydroxylation sites is 1. The minimum atomic E-state index is -0.296. The molecule has 0 aliphatic carbocycles. The zero-order valence-electron chi connectivity index (χ0n) is 10.1. The van der Waals surface area contributed by atoms with Crippen molar-refractivity contribution in [3.8, 4) is 0 Å². The molecule has 0 bridgehead atoms. The lowest BCUT2D eigenvalue weighted by Crippen LogP contribution is -2.34. The van der Waals surface area contributed by atoms with Gasteiger partial charge in [0.2, 0.25) is 0 Å². The molecule has 0 spiro atoms. The van der Waals surface area contributed by atoms with E-state index in [1.807, 2.05) is 32.0 Å². The SMILES string of the molecule is COC(OC)C(C)Nc1c(C)cccc1Cl. The summed E-state index contributed by atoms with van der Waals surface area (Å²) in [5.74, 6) is 0. The minimum absolute atomic E-state index is 0.0219. The van der Waals surface area contributed by atoms with Gasteiger partial charge in [-0.2, -0.15) is 0 Å². The summed E-state index contributed by atoms with van der Waals surface area (Å²) < 4.78 is 10.4. The van der Waals surface area contributed by atoms with E-state index in [1.165, 1.54) is 0 Å². The Morgan fingerprint density at radius 1 is 1.25 bits per heavy atom. The number of rotatable bonds is 5. The lowest BCUT2D eigenvalue weighted by atomic mass is 10.2. The minimum Gasteiger partial charge on any atom is -0.376 e. The van der Waals surface area contributed by atoms with Crippen LogP contribution < -0.4 is 5.32 Å². The topological polar surface area (TPSA) is 30.5 Å². The number of aryl methyl sites for hydroxylation is 1. The summed E-state index contributed by atoms with van der Waals surface area (Å²) in [6.07, 6.45) is -0.296. The van der Waals surface area contributed by atoms with Gasteiger partial charge in [0.25, 0.3) is 0 Å². The van der Waals surface area contributed by atoms with E-state index >= 15 is 0 Å². The molecule has 0 heterocycles. The molecule has 16 heavy (non-hydrogen) atoms. The first-order valence-electron chi connectivity index (χ1n) is 5.17. The van der Waals surface area contributed by atoms with Gasteiger partial charge < -0.3 is 14.8 Å². The van der Waals surface area contributed by atoms with Crippen molar-refractivity contribution < 1.29 is 9.47 Å². The first-order valence-corrected chi connectivity index (χ1v) is 5.55. The van der Waals surface area contributed by atoms with Crippen molar-refractivity contribution >= 4 is 17.3 Å². The number of hydrogen-bond donors (Lipinski definition) is 1. The molecular weight excluding hydrogens is 226 g/mol. The molecule has 0 amide bonds. The maximum absolute atomic E-state index is 6.12. The number of ether oxygens (including phenoxy) is 2. The summed E-state index contributed by atoms with van der Waals surface area (Å²) >= 11 is 6.12. The average molecular weight is 244 g/mol. The van der Waals surface area contributed by atoms with Crippen LogP contribution >= 0.6 is 11.6 Å². The summed E-state index contributed by atoms with van der Waals surface area (Å²) in [5, 5.41) is 4.00. The van der Waals surface area contributed by atoms with E-state index in [2.05, 4.69) is 5.32 Å². The molecule has 1 N–H and O–H groups in total. The monoisotopic (exact) mass is 243 g/mol. The van der Waals surface area contributed by atoms with Crippen molar-refractivity contribution in [2.24, 2.45) is 0 Å². The molecule has 0 saturated heterocycles. The summed E-state index contributed by atoms with van der Waals surface area (Å²) in [6, 6.07) is 5.82. The summed E-state index contributed by atoms with van der Waals surface area (Å²) in [5.41, 5.74) is 2.03. The number of nitrogens with one attached hydrogen (secondary N) is 1. The van der Waals surface area contributed by atoms with E-state index in [4.69, 9.17) is 21.1 Å². The Kier molecular flexibility index (Phi) is 5.06. The van der Waals surface area contributed by atoms with Gasteiger partial charge in [-0.05, 0) is 25.5 Å². The molecular formula is C12H18ClNO2. The maximum Gasteiger partial charge on any atom is 0.176 e. The quantitative estimate of drug-likeness (QED) is 0.807. The highest BCUT2D eigenvalue weighted by Gasteiger charge is 2.17. The molecule has 1 unspecified atom stereocenters. The van der Waals surface area contributed by atoms with Gasteiger partial charge in [-0.15, -0.1) is 0 Å². The van der Waals surface area contributed by atoms with Gasteiger partial charge in [0.1, 0.15) is 0 Å². The van der Waals surface area contributed by atoms with Crippen molar-refractivity contribution in [1.82, 2.24) is 0 Å². The van der Waals surface area contributed by atoms with Crippen molar-refractivity contribution in [3.63, 3.8) is 0 Å². The lowest BCUT2D eigenvalue weighted by molar-refractivity contribution is -0.109. The predicted molar refractivity (Wildman–Crippen MR) is 67.1 cm³/mol. The zero-order valence-corrected chi connectivity index (χ0v) is 10.8. The lowest BCUT2D eigenvalue weighted by Gasteiger charge is -2.24. The van der Waals surface area contributed by atoms with Crippen LogP contribution in [0.3, 0.4) is 0 Å². The number of hydrogen-bond acceptors (Lipinski definition) is 3. The molecule has 0 aromatic heterocycles. The van der Waals surface area contributed by atoms with Crippen molar-refractivity contribution in [2.75, 3.05) is 19.5 Å². The van der Waals surface area contributed by atoms with E-state index < -0.39 is 0 Å². The van der Waals surface area contributed by atoms with Gasteiger partial charge in [-0.3, -0.25) is 0 Å². The van der Waals surface area contributed by atoms with Crippen LogP contribution in [0.15, 0.2) is 18.2 Å². The van der Waals surface area contributed by atoms with E-state index in [9.17, 15) is 0 Å². The van der Waals surface area contributed by atoms with E-state index in [0.717, 1.165) is 11.3 Å². The van der Waals surface area contributed by atoms with Crippen molar-refractivity contribution in [2.45, 2.75) is 26.2 Å². The third-order valence-electron chi connectivity index (χ3n) is 2.47. The molecule has 0 aliphatic rings. The molecule has 1 aromatic rings. The number of methoxy groups -OCH3 is 2. The summed E-state index contributed by atoms with van der Waals surface area (Å²) in [4.78, 5) is 0. The maximum atomic E-state index is 6.12. The van der Waals surface area contributed by atoms with Gasteiger partial charge in [-0.25, -0.2) is 0 Å². The van der Waals surface area contributed by atoms with Crippen LogP contribution in [0.5, 0.6) is 0 Å². The Balaban J connectivity index is 2.80. The Morgan fingerprint density at radius 2 is 1.88 bits per heavy atom. The Morgan fingerprint density at radius 3 is 2.38 bits per heavy atom. The van der Waals surface area contributed by atoms with Crippen LogP contribution in [0.1, 0.15) is 12.5 Å². The molecule has 1 rings (SSSR count). The third kappa shape index (κ3) is 3.11. The molecule has 90 valence electrons. The van der Waals surface area contributed by atoms with Gasteiger partial charge in [0.15, 0.2) is 6.29 Å². The number of benzene rings is 1. The fourth-order valence-electron chi connectivity index (χ4n) is 1.61. The van der Waals surface area contributed by atoms with Crippen molar-refractivity contribution in [3.05, 3.63) is 28.8 Å². The standard InChI is InChI=1S/C12H18ClNO2/c1-8-6-5-7-10(13)11(8)14-9(2)12(15-3)16-4/h5-7,9,12,14H,1-4H3. The van der Waals surface area contributed by atoms with Crippen LogP contribution in [0.2, 0.25) is 5.02 Å². The van der Waals surface area contributed by atoms with Crippen LogP contribution in [-0.4, -0.2) is 26.6 Å². The smallest absolute Gasteiger partial charge is 0.176 e. The Labute approximate surface area is 102 Å². The first kappa shape index (κ1) is 13.3. The highest BCUT2D eigenvalue weighted by Crippen LogP contribution is 2.26. The van der Waals surface area contributed by atoms with E-state index in [0.29, 0.717) is 5.02 Å². The van der Waals surface area contributed by atoms with Gasteiger partial charge in [0.05, 0.1) is 16.8 Å². The third-order valence-corrected chi connectivity index (χ3v) is 2.78. The largest absolute Gasteiger partial charge is 0.376 e. The summed E-state index contributed by atoms with van der Waals surface area (Å²) in [6.45, 7) is 4.00. The second-order valence-electron chi connectivity index (χ2n) is 3.70. The summed E-state index contributed by atoms with van der Waals surface area (Å²) in [7, 11) is 3.23. The zero-order chi connectivity index (χ0) is 12.1. The van der Waals surface area contributed by atoms with E-state index in [-0.39, 0.29) is 12.3 Å². The molecule has 0 saturated carbocycles. The van der Waals surface area contributed by atoms with Crippen LogP contribution in [0.25, 0.3) is 0 Å². The highest BCUT2D eigenvalue weighted by molar-refractivity contribution is 6.33. The molecule has 4 heteroatoms. The van der Waals surface area contributed by atoms with Crippen LogP contribution in [0, 0.1) is 6.92 Å². The highest BCUT2D eigenvalue weighted by atomic mass is 35.5. The van der Waals surface area contributed by atoms with Gasteiger partial charge >= 0.3 is 0 Å². The van der Waals surface area contributed by atoms with Gasteiger partial charge in [-0.1, -0.05) is 23.7 Å². The van der Waals surface area contributed by atoms with Gasteiger partial charge in [0, 0.05) is 14.2 Å². The molecule has 1 aromatic carbocycles. The fourth-order valence-corrected chi connectivity index (χ4v) is 1.89. The molecule has 0 fully saturated rings. The van der Waals surface area contributed by atoms with E-state index in [1.54, 1.807) is 14.2 Å². The molecule has 3 nitrogen and oxygen atoms in total. The first-order chi connectivity index (χ1) is 7.60. The average Bonchev–Trinajstić information content (AvgIpc) is 2.25. The number of anilines is 1. The molecule has 0 aliphatic heterocycles. The van der Waals surface area contributed by atoms with Crippen LogP contribution in [-0.2, 0) is 9.47 Å². The second-order valence-corrected chi connectivity index (χ2v) is 4.11. The second kappa shape index (κ2) is 6.09. The Hall–Kier alpha value is -0.770. The molecule has 0 radical (unpaired) electrons. The number of halogens is 1. The normalized spacial score (nSPS) is 12.9. The molecule has 1 atom stereocenters. The van der Waals surface area contributed by atoms with Crippen LogP contribution in [0.4, 0.5) is 5.69 Å². The fraction of sp³-hybridized carbons (Fsp3) is 0.500. The predicted octanol–water partition coefficient (Wildman–Crippen LogP) is 3.07.